The van der Waals surface area contributed by atoms with Crippen molar-refractivity contribution in [2.45, 2.75) is 46.7 Å². The summed E-state index contributed by atoms with van der Waals surface area (Å²) in [5.41, 5.74) is 1.06. The van der Waals surface area contributed by atoms with Crippen LogP contribution in [0.5, 0.6) is 0 Å². The van der Waals surface area contributed by atoms with Gasteiger partial charge in [0.1, 0.15) is 12.4 Å². The van der Waals surface area contributed by atoms with Gasteiger partial charge in [0.15, 0.2) is 0 Å². The van der Waals surface area contributed by atoms with Gasteiger partial charge < -0.3 is 15.4 Å². The number of hydrogen-bond donors (Lipinski definition) is 1. The molecule has 0 spiro atoms. The zero-order chi connectivity index (χ0) is 17.4. The Labute approximate surface area is 133 Å². The maximum Gasteiger partial charge on any atom is 0.390 e. The molecule has 2 aromatic heterocycles. The maximum atomic E-state index is 12.2. The summed E-state index contributed by atoms with van der Waals surface area (Å²) < 4.78 is 3.04. The Bertz CT molecular complexity index is 753. The molecule has 1 N–H and O–H groups in total. The lowest BCUT2D eigenvalue weighted by molar-refractivity contribution is -0.389. The van der Waals surface area contributed by atoms with Crippen LogP contribution in [0.1, 0.15) is 32.2 Å². The Morgan fingerprint density at radius 1 is 1.30 bits per heavy atom. The van der Waals surface area contributed by atoms with Crippen molar-refractivity contribution in [2.24, 2.45) is 0 Å². The predicted octanol–water partition coefficient (Wildman–Crippen LogP) is 2.00. The van der Waals surface area contributed by atoms with E-state index in [9.17, 15) is 14.9 Å². The predicted molar refractivity (Wildman–Crippen MR) is 84.2 cm³/mol. The van der Waals surface area contributed by atoms with Crippen LogP contribution in [0.4, 0.5) is 11.6 Å². The highest BCUT2D eigenvalue weighted by molar-refractivity contribution is 5.89. The largest absolute Gasteiger partial charge is 0.390 e. The molecule has 0 aliphatic carbocycles. The molecule has 0 aliphatic heterocycles. The van der Waals surface area contributed by atoms with Gasteiger partial charge in [0, 0.05) is 6.07 Å². The number of anilines is 1. The molecule has 124 valence electrons. The molecule has 0 atom stereocenters. The van der Waals surface area contributed by atoms with Gasteiger partial charge in [-0.3, -0.25) is 4.79 Å². The van der Waals surface area contributed by atoms with Gasteiger partial charge in [-0.05, 0) is 39.5 Å². The average Bonchev–Trinajstić information content (AvgIpc) is 2.93. The van der Waals surface area contributed by atoms with E-state index in [1.165, 1.54) is 10.7 Å². The molecule has 0 radical (unpaired) electrons. The first-order valence-corrected chi connectivity index (χ1v) is 7.14. The fourth-order valence-electron chi connectivity index (χ4n) is 2.16. The van der Waals surface area contributed by atoms with E-state index >= 15 is 0 Å². The van der Waals surface area contributed by atoms with E-state index < -0.39 is 4.92 Å². The molecule has 1 amide bonds. The van der Waals surface area contributed by atoms with Crippen molar-refractivity contribution < 1.29 is 9.72 Å². The maximum absolute atomic E-state index is 12.2. The molecule has 0 fully saturated rings. The lowest BCUT2D eigenvalue weighted by Crippen LogP contribution is -2.28. The minimum absolute atomic E-state index is 0.103. The molecule has 0 unspecified atom stereocenters. The number of nitro groups is 1. The first-order valence-electron chi connectivity index (χ1n) is 7.14. The number of aromatic nitrogens is 4. The van der Waals surface area contributed by atoms with Crippen molar-refractivity contribution in [3.8, 4) is 0 Å². The first kappa shape index (κ1) is 16.7. The van der Waals surface area contributed by atoms with Crippen LogP contribution in [0.15, 0.2) is 12.1 Å². The van der Waals surface area contributed by atoms with Crippen LogP contribution >= 0.6 is 0 Å². The Morgan fingerprint density at radius 2 is 1.96 bits per heavy atom. The third kappa shape index (κ3) is 3.74. The number of aryl methyl sites for hydroxylation is 2. The van der Waals surface area contributed by atoms with Gasteiger partial charge in [-0.25, -0.2) is 4.68 Å². The molecule has 9 nitrogen and oxygen atoms in total. The Hall–Kier alpha value is -2.71. The van der Waals surface area contributed by atoms with E-state index in [2.05, 4.69) is 15.5 Å². The normalized spacial score (nSPS) is 11.5. The van der Waals surface area contributed by atoms with E-state index in [1.807, 2.05) is 27.7 Å². The molecule has 2 aromatic rings. The number of carbonyl (C=O) groups is 1. The van der Waals surface area contributed by atoms with E-state index in [-0.39, 0.29) is 23.8 Å². The third-order valence-electron chi connectivity index (χ3n) is 3.18. The van der Waals surface area contributed by atoms with E-state index in [0.29, 0.717) is 11.5 Å². The van der Waals surface area contributed by atoms with Gasteiger partial charge in [-0.15, -0.1) is 0 Å². The molecule has 0 saturated carbocycles. The minimum Gasteiger partial charge on any atom is -0.358 e. The molecular weight excluding hydrogens is 300 g/mol. The van der Waals surface area contributed by atoms with Crippen LogP contribution < -0.4 is 5.32 Å². The molecule has 0 aliphatic rings. The molecule has 9 heteroatoms. The number of nitrogens with one attached hydrogen (secondary N) is 1. The van der Waals surface area contributed by atoms with Crippen molar-refractivity contribution >= 4 is 17.5 Å². The second-order valence-electron chi connectivity index (χ2n) is 6.36. The minimum atomic E-state index is -0.584. The van der Waals surface area contributed by atoms with Gasteiger partial charge in [-0.1, -0.05) is 0 Å². The quantitative estimate of drug-likeness (QED) is 0.684. The van der Waals surface area contributed by atoms with Crippen molar-refractivity contribution in [1.82, 2.24) is 19.6 Å². The smallest absolute Gasteiger partial charge is 0.358 e. The standard InChI is InChI=1S/C14H20N6O3/c1-9-6-11(19(16-9)14(3,4)5)15-13(21)8-18-10(2)7-12(17-18)20(22)23/h6-7H,8H2,1-5H3,(H,15,21). The summed E-state index contributed by atoms with van der Waals surface area (Å²) in [5.74, 6) is -0.0123. The highest BCUT2D eigenvalue weighted by Crippen LogP contribution is 2.21. The highest BCUT2D eigenvalue weighted by atomic mass is 16.6. The molecule has 0 aromatic carbocycles. The van der Waals surface area contributed by atoms with Crippen LogP contribution in [-0.4, -0.2) is 30.4 Å². The zero-order valence-electron chi connectivity index (χ0n) is 13.8. The van der Waals surface area contributed by atoms with Gasteiger partial charge in [0.05, 0.1) is 28.1 Å². The number of carbonyl (C=O) groups excluding carboxylic acids is 1. The summed E-state index contributed by atoms with van der Waals surface area (Å²) in [4.78, 5) is 22.4. The SMILES string of the molecule is Cc1cc(NC(=O)Cn2nc([N+](=O)[O-])cc2C)n(C(C)(C)C)n1. The van der Waals surface area contributed by atoms with Gasteiger partial charge >= 0.3 is 5.82 Å². The van der Waals surface area contributed by atoms with Crippen molar-refractivity contribution in [2.75, 3.05) is 5.32 Å². The van der Waals surface area contributed by atoms with Crippen LogP contribution in [0.2, 0.25) is 0 Å². The summed E-state index contributed by atoms with van der Waals surface area (Å²) >= 11 is 0. The molecule has 0 saturated heterocycles. The van der Waals surface area contributed by atoms with E-state index in [4.69, 9.17) is 0 Å². The number of amides is 1. The highest BCUT2D eigenvalue weighted by Gasteiger charge is 2.22. The second-order valence-corrected chi connectivity index (χ2v) is 6.36. The summed E-state index contributed by atoms with van der Waals surface area (Å²) in [6, 6.07) is 3.11. The second kappa shape index (κ2) is 5.82. The van der Waals surface area contributed by atoms with Gasteiger partial charge in [0.2, 0.25) is 5.91 Å². The first-order chi connectivity index (χ1) is 10.6. The molecule has 0 bridgehead atoms. The summed E-state index contributed by atoms with van der Waals surface area (Å²) in [6.07, 6.45) is 0. The fourth-order valence-corrected chi connectivity index (χ4v) is 2.16. The average molecular weight is 320 g/mol. The summed E-state index contributed by atoms with van der Waals surface area (Å²) in [7, 11) is 0. The molecule has 2 rings (SSSR count). The Balaban J connectivity index is 2.16. The third-order valence-corrected chi connectivity index (χ3v) is 3.18. The van der Waals surface area contributed by atoms with Crippen molar-refractivity contribution in [3.05, 3.63) is 33.6 Å². The summed E-state index contributed by atoms with van der Waals surface area (Å²) in [6.45, 7) is 9.35. The van der Waals surface area contributed by atoms with Crippen molar-refractivity contribution in [3.63, 3.8) is 0 Å². The summed E-state index contributed by atoms with van der Waals surface area (Å²) in [5, 5.41) is 21.7. The molecule has 2 heterocycles. The molecule has 23 heavy (non-hydrogen) atoms. The van der Waals surface area contributed by atoms with Crippen LogP contribution in [-0.2, 0) is 16.9 Å². The lowest BCUT2D eigenvalue weighted by atomic mass is 10.1. The van der Waals surface area contributed by atoms with Gasteiger partial charge in [0.25, 0.3) is 0 Å². The monoisotopic (exact) mass is 320 g/mol. The van der Waals surface area contributed by atoms with Crippen molar-refractivity contribution in [1.29, 1.82) is 0 Å². The van der Waals surface area contributed by atoms with Gasteiger partial charge in [-0.2, -0.15) is 9.78 Å². The van der Waals surface area contributed by atoms with Crippen LogP contribution in [0, 0.1) is 24.0 Å². The number of rotatable bonds is 4. The van der Waals surface area contributed by atoms with Crippen LogP contribution in [0.3, 0.4) is 0 Å². The van der Waals surface area contributed by atoms with E-state index in [1.54, 1.807) is 17.7 Å². The lowest BCUT2D eigenvalue weighted by Gasteiger charge is -2.22. The Kier molecular flexibility index (Phi) is 4.22. The topological polar surface area (TPSA) is 108 Å². The number of hydrogen-bond acceptors (Lipinski definition) is 5. The van der Waals surface area contributed by atoms with Crippen LogP contribution in [0.25, 0.3) is 0 Å². The zero-order valence-corrected chi connectivity index (χ0v) is 13.8. The Morgan fingerprint density at radius 3 is 2.48 bits per heavy atom. The van der Waals surface area contributed by atoms with E-state index in [0.717, 1.165) is 5.69 Å². The fraction of sp³-hybridized carbons (Fsp3) is 0.500. The number of nitrogens with zero attached hydrogens (tertiary/aromatic N) is 5. The molecular formula is C14H20N6O3.